The molecule has 26 heavy (non-hydrogen) atoms. The van der Waals surface area contributed by atoms with Gasteiger partial charge in [0.1, 0.15) is 6.04 Å². The number of hydrogen-bond donors (Lipinski definition) is 1. The van der Waals surface area contributed by atoms with Crippen molar-refractivity contribution < 1.29 is 22.7 Å². The van der Waals surface area contributed by atoms with E-state index in [0.717, 1.165) is 18.4 Å². The van der Waals surface area contributed by atoms with E-state index in [0.29, 0.717) is 37.4 Å². The average Bonchev–Trinajstić information content (AvgIpc) is 2.65. The highest BCUT2D eigenvalue weighted by Crippen LogP contribution is 2.27. The molecule has 1 aromatic carbocycles. The number of carbonyl (C=O) groups is 1. The highest BCUT2D eigenvalue weighted by Gasteiger charge is 2.35. The number of hydrogen-bond acceptors (Lipinski definition) is 5. The Labute approximate surface area is 155 Å². The van der Waals surface area contributed by atoms with E-state index in [9.17, 15) is 13.2 Å². The molecule has 1 fully saturated rings. The van der Waals surface area contributed by atoms with Gasteiger partial charge in [-0.2, -0.15) is 4.31 Å². The van der Waals surface area contributed by atoms with Crippen LogP contribution in [0.25, 0.3) is 0 Å². The molecule has 7 nitrogen and oxygen atoms in total. The van der Waals surface area contributed by atoms with Gasteiger partial charge in [0.25, 0.3) is 0 Å². The highest BCUT2D eigenvalue weighted by atomic mass is 32.2. The van der Waals surface area contributed by atoms with E-state index in [2.05, 4.69) is 5.32 Å². The molecular formula is C18H28N2O5S. The molecular weight excluding hydrogens is 356 g/mol. The lowest BCUT2D eigenvalue weighted by atomic mass is 10.0. The van der Waals surface area contributed by atoms with E-state index in [1.165, 1.54) is 4.31 Å². The summed E-state index contributed by atoms with van der Waals surface area (Å²) in [6.07, 6.45) is 2.74. The fourth-order valence-corrected chi connectivity index (χ4v) is 4.92. The number of nitrogens with one attached hydrogen (secondary N) is 1. The van der Waals surface area contributed by atoms with Crippen molar-refractivity contribution in [3.8, 4) is 11.5 Å². The molecule has 0 aromatic heterocycles. The molecule has 0 bridgehead atoms. The fraction of sp³-hybridized carbons (Fsp3) is 0.611. The van der Waals surface area contributed by atoms with Crippen LogP contribution in [0.3, 0.4) is 0 Å². The summed E-state index contributed by atoms with van der Waals surface area (Å²) in [6, 6.07) is 4.79. The molecule has 0 radical (unpaired) electrons. The summed E-state index contributed by atoms with van der Waals surface area (Å²) in [5.74, 6) is 1.03. The molecule has 1 unspecified atom stereocenters. The van der Waals surface area contributed by atoms with Crippen LogP contribution in [0.2, 0.25) is 0 Å². The number of benzene rings is 1. The number of amides is 1. The van der Waals surface area contributed by atoms with Gasteiger partial charge in [-0.1, -0.05) is 19.4 Å². The molecule has 1 amide bonds. The summed E-state index contributed by atoms with van der Waals surface area (Å²) in [6.45, 7) is 2.54. The first-order valence-corrected chi connectivity index (χ1v) is 10.5. The van der Waals surface area contributed by atoms with Gasteiger partial charge in [-0.3, -0.25) is 4.79 Å². The maximum absolute atomic E-state index is 12.6. The van der Waals surface area contributed by atoms with Gasteiger partial charge in [-0.25, -0.2) is 8.42 Å². The number of nitrogens with zero attached hydrogens (tertiary/aromatic N) is 1. The van der Waals surface area contributed by atoms with Crippen LogP contribution in [0.1, 0.15) is 38.2 Å². The van der Waals surface area contributed by atoms with Crippen molar-refractivity contribution in [1.29, 1.82) is 0 Å². The fourth-order valence-electron chi connectivity index (χ4n) is 3.17. The lowest BCUT2D eigenvalue weighted by Crippen LogP contribution is -2.52. The topological polar surface area (TPSA) is 84.9 Å². The molecule has 1 N–H and O–H groups in total. The monoisotopic (exact) mass is 384 g/mol. The van der Waals surface area contributed by atoms with Gasteiger partial charge in [0.2, 0.25) is 15.9 Å². The maximum Gasteiger partial charge on any atom is 0.238 e. The third-order valence-electron chi connectivity index (χ3n) is 4.49. The molecule has 8 heteroatoms. The maximum atomic E-state index is 12.6. The molecule has 1 aromatic rings. The molecule has 1 heterocycles. The Morgan fingerprint density at radius 2 is 1.96 bits per heavy atom. The number of rotatable bonds is 8. The van der Waals surface area contributed by atoms with E-state index in [1.54, 1.807) is 26.4 Å². The zero-order chi connectivity index (χ0) is 19.2. The van der Waals surface area contributed by atoms with E-state index in [4.69, 9.17) is 9.47 Å². The summed E-state index contributed by atoms with van der Waals surface area (Å²) >= 11 is 0. The summed E-state index contributed by atoms with van der Waals surface area (Å²) < 4.78 is 36.7. The Hall–Kier alpha value is -1.80. The van der Waals surface area contributed by atoms with Gasteiger partial charge in [-0.15, -0.1) is 0 Å². The van der Waals surface area contributed by atoms with Crippen LogP contribution in [0.5, 0.6) is 11.5 Å². The predicted octanol–water partition coefficient (Wildman–Crippen LogP) is 1.91. The summed E-state index contributed by atoms with van der Waals surface area (Å²) in [4.78, 5) is 12.6. The van der Waals surface area contributed by atoms with Crippen molar-refractivity contribution in [2.24, 2.45) is 0 Å². The van der Waals surface area contributed by atoms with Crippen LogP contribution in [-0.2, 0) is 21.4 Å². The van der Waals surface area contributed by atoms with Crippen LogP contribution in [0.4, 0.5) is 0 Å². The molecule has 0 spiro atoms. The molecule has 1 aliphatic rings. The number of ether oxygens (including phenoxy) is 2. The van der Waals surface area contributed by atoms with Crippen molar-refractivity contribution in [1.82, 2.24) is 9.62 Å². The number of piperidine rings is 1. The number of carbonyl (C=O) groups excluding carboxylic acids is 1. The van der Waals surface area contributed by atoms with Crippen molar-refractivity contribution in [2.75, 3.05) is 26.5 Å². The predicted molar refractivity (Wildman–Crippen MR) is 99.8 cm³/mol. The zero-order valence-corrected chi connectivity index (χ0v) is 16.5. The second-order valence-corrected chi connectivity index (χ2v) is 8.39. The van der Waals surface area contributed by atoms with Crippen molar-refractivity contribution in [3.63, 3.8) is 0 Å². The second kappa shape index (κ2) is 9.23. The average molecular weight is 384 g/mol. The normalized spacial score (nSPS) is 18.3. The van der Waals surface area contributed by atoms with Crippen LogP contribution < -0.4 is 14.8 Å². The first kappa shape index (κ1) is 20.5. The summed E-state index contributed by atoms with van der Waals surface area (Å²) in [5, 5.41) is 2.86. The van der Waals surface area contributed by atoms with Gasteiger partial charge < -0.3 is 14.8 Å². The minimum atomic E-state index is -3.39. The summed E-state index contributed by atoms with van der Waals surface area (Å²) in [7, 11) is -0.277. The lowest BCUT2D eigenvalue weighted by Gasteiger charge is -2.33. The minimum Gasteiger partial charge on any atom is -0.493 e. The first-order valence-electron chi connectivity index (χ1n) is 8.91. The Morgan fingerprint density at radius 1 is 1.23 bits per heavy atom. The van der Waals surface area contributed by atoms with Crippen LogP contribution in [-0.4, -0.2) is 51.2 Å². The van der Waals surface area contributed by atoms with Crippen molar-refractivity contribution in [2.45, 2.75) is 45.2 Å². The largest absolute Gasteiger partial charge is 0.493 e. The summed E-state index contributed by atoms with van der Waals surface area (Å²) in [5.41, 5.74) is 0.856. The molecule has 0 aliphatic carbocycles. The van der Waals surface area contributed by atoms with E-state index < -0.39 is 16.1 Å². The lowest BCUT2D eigenvalue weighted by molar-refractivity contribution is -0.125. The molecule has 1 aliphatic heterocycles. The Balaban J connectivity index is 2.06. The second-order valence-electron chi connectivity index (χ2n) is 6.35. The van der Waals surface area contributed by atoms with Crippen LogP contribution in [0.15, 0.2) is 18.2 Å². The number of methoxy groups -OCH3 is 2. The van der Waals surface area contributed by atoms with Gasteiger partial charge >= 0.3 is 0 Å². The molecule has 0 saturated carbocycles. The van der Waals surface area contributed by atoms with Crippen molar-refractivity contribution in [3.05, 3.63) is 23.8 Å². The Morgan fingerprint density at radius 3 is 2.62 bits per heavy atom. The van der Waals surface area contributed by atoms with Crippen molar-refractivity contribution >= 4 is 15.9 Å². The van der Waals surface area contributed by atoms with Gasteiger partial charge in [0, 0.05) is 13.1 Å². The SMILES string of the molecule is CCCS(=O)(=O)N1CCCCC1C(=O)NCc1ccc(OC)c(OC)c1. The van der Waals surface area contributed by atoms with Gasteiger partial charge in [0.15, 0.2) is 11.5 Å². The third-order valence-corrected chi connectivity index (χ3v) is 6.57. The smallest absolute Gasteiger partial charge is 0.238 e. The van der Waals surface area contributed by atoms with Crippen LogP contribution in [0, 0.1) is 0 Å². The highest BCUT2D eigenvalue weighted by molar-refractivity contribution is 7.89. The molecule has 146 valence electrons. The zero-order valence-electron chi connectivity index (χ0n) is 15.7. The quantitative estimate of drug-likeness (QED) is 0.740. The van der Waals surface area contributed by atoms with E-state index in [1.807, 2.05) is 13.0 Å². The van der Waals surface area contributed by atoms with Gasteiger partial charge in [-0.05, 0) is 37.0 Å². The van der Waals surface area contributed by atoms with E-state index >= 15 is 0 Å². The Bertz CT molecular complexity index is 720. The first-order chi connectivity index (χ1) is 12.4. The Kier molecular flexibility index (Phi) is 7.28. The standard InChI is InChI=1S/C18H28N2O5S/c1-4-11-26(22,23)20-10-6-5-7-15(20)18(21)19-13-14-8-9-16(24-2)17(12-14)25-3/h8-9,12,15H,4-7,10-11,13H2,1-3H3,(H,19,21). The van der Waals surface area contributed by atoms with Gasteiger partial charge in [0.05, 0.1) is 20.0 Å². The third kappa shape index (κ3) is 4.88. The van der Waals surface area contributed by atoms with E-state index in [-0.39, 0.29) is 11.7 Å². The molecule has 1 saturated heterocycles. The molecule has 1 atom stereocenters. The van der Waals surface area contributed by atoms with Crippen LogP contribution >= 0.6 is 0 Å². The number of sulfonamides is 1. The minimum absolute atomic E-state index is 0.0759. The molecule has 2 rings (SSSR count).